The SMILES string of the molecule is C=CB(C=C)C=C. The molecule has 0 bridgehead atoms. The average molecular weight is 92.0 g/mol. The summed E-state index contributed by atoms with van der Waals surface area (Å²) in [5.41, 5.74) is 0. The van der Waals surface area contributed by atoms with E-state index in [-0.39, 0.29) is 6.71 Å². The summed E-state index contributed by atoms with van der Waals surface area (Å²) in [6, 6.07) is 0. The van der Waals surface area contributed by atoms with E-state index in [0.717, 1.165) is 0 Å². The van der Waals surface area contributed by atoms with Gasteiger partial charge in [-0.15, -0.1) is 37.7 Å². The largest absolute Gasteiger partial charge is 0.216 e. The molecule has 0 saturated carbocycles. The van der Waals surface area contributed by atoms with Crippen LogP contribution in [0.3, 0.4) is 0 Å². The predicted molar refractivity (Wildman–Crippen MR) is 36.3 cm³/mol. The third-order valence-corrected chi connectivity index (χ3v) is 0.816. The summed E-state index contributed by atoms with van der Waals surface area (Å²) in [6.45, 7) is 11.0. The van der Waals surface area contributed by atoms with E-state index in [1.807, 2.05) is 0 Å². The molecule has 0 spiro atoms. The summed E-state index contributed by atoms with van der Waals surface area (Å²) < 4.78 is 0. The van der Waals surface area contributed by atoms with Gasteiger partial charge in [0.25, 0.3) is 0 Å². The minimum atomic E-state index is 0.278. The quantitative estimate of drug-likeness (QED) is 0.464. The highest BCUT2D eigenvalue weighted by atomic mass is 13.5. The van der Waals surface area contributed by atoms with Crippen molar-refractivity contribution in [1.29, 1.82) is 0 Å². The second-order valence-corrected chi connectivity index (χ2v) is 1.28. The Morgan fingerprint density at radius 3 is 1.14 bits per heavy atom. The second kappa shape index (κ2) is 3.47. The second-order valence-electron chi connectivity index (χ2n) is 1.28. The maximum Gasteiger partial charge on any atom is 0.216 e. The van der Waals surface area contributed by atoms with Crippen LogP contribution in [0.1, 0.15) is 0 Å². The summed E-state index contributed by atoms with van der Waals surface area (Å²) in [5.74, 6) is 5.38. The van der Waals surface area contributed by atoms with Crippen molar-refractivity contribution in [2.24, 2.45) is 0 Å². The van der Waals surface area contributed by atoms with E-state index < -0.39 is 0 Å². The van der Waals surface area contributed by atoms with Crippen LogP contribution < -0.4 is 0 Å². The van der Waals surface area contributed by atoms with Crippen LogP contribution in [0.5, 0.6) is 0 Å². The highest BCUT2D eigenvalue weighted by Gasteiger charge is 1.91. The van der Waals surface area contributed by atoms with Gasteiger partial charge in [-0.1, -0.05) is 0 Å². The van der Waals surface area contributed by atoms with Crippen molar-refractivity contribution in [1.82, 2.24) is 0 Å². The molecule has 0 rings (SSSR count). The van der Waals surface area contributed by atoms with Crippen molar-refractivity contribution in [2.45, 2.75) is 0 Å². The molecule has 0 saturated heterocycles. The molecule has 0 heterocycles. The van der Waals surface area contributed by atoms with Crippen LogP contribution in [0.2, 0.25) is 0 Å². The Morgan fingerprint density at radius 2 is 1.14 bits per heavy atom. The van der Waals surface area contributed by atoms with E-state index in [2.05, 4.69) is 19.7 Å². The molecule has 0 aliphatic heterocycles. The summed E-state index contributed by atoms with van der Waals surface area (Å²) in [6.07, 6.45) is 0. The van der Waals surface area contributed by atoms with Crippen LogP contribution in [-0.2, 0) is 0 Å². The molecule has 0 aromatic heterocycles. The van der Waals surface area contributed by atoms with Crippen LogP contribution in [0.25, 0.3) is 0 Å². The molecule has 0 radical (unpaired) electrons. The van der Waals surface area contributed by atoms with E-state index in [9.17, 15) is 0 Å². The third-order valence-electron chi connectivity index (χ3n) is 0.816. The van der Waals surface area contributed by atoms with Gasteiger partial charge in [-0.2, -0.15) is 0 Å². The zero-order chi connectivity index (χ0) is 5.70. The van der Waals surface area contributed by atoms with Gasteiger partial charge in [0, 0.05) is 0 Å². The Morgan fingerprint density at radius 1 is 0.857 bits per heavy atom. The highest BCUT2D eigenvalue weighted by Crippen LogP contribution is 1.82. The van der Waals surface area contributed by atoms with Crippen LogP contribution in [-0.4, -0.2) is 6.71 Å². The summed E-state index contributed by atoms with van der Waals surface area (Å²) >= 11 is 0. The Hall–Kier alpha value is -0.715. The molecule has 7 heavy (non-hydrogen) atoms. The first-order valence-corrected chi connectivity index (χ1v) is 2.22. The normalized spacial score (nSPS) is 6.86. The Kier molecular flexibility index (Phi) is 3.12. The van der Waals surface area contributed by atoms with Crippen molar-refractivity contribution in [2.75, 3.05) is 0 Å². The van der Waals surface area contributed by atoms with Crippen LogP contribution in [0, 0.1) is 0 Å². The lowest BCUT2D eigenvalue weighted by Gasteiger charge is -1.85. The Bertz CT molecular complexity index is 65.2. The first-order chi connectivity index (χ1) is 3.35. The van der Waals surface area contributed by atoms with Crippen molar-refractivity contribution < 1.29 is 0 Å². The summed E-state index contributed by atoms with van der Waals surface area (Å²) in [7, 11) is 0. The number of hydrogen-bond donors (Lipinski definition) is 0. The van der Waals surface area contributed by atoms with Crippen molar-refractivity contribution in [3.05, 3.63) is 37.7 Å². The number of hydrogen-bond acceptors (Lipinski definition) is 0. The molecular weight excluding hydrogens is 82.9 g/mol. The smallest absolute Gasteiger partial charge is 0.114 e. The van der Waals surface area contributed by atoms with E-state index in [4.69, 9.17) is 0 Å². The van der Waals surface area contributed by atoms with Gasteiger partial charge in [0.1, 0.15) is 0 Å². The zero-order valence-corrected chi connectivity index (χ0v) is 4.43. The highest BCUT2D eigenvalue weighted by molar-refractivity contribution is 6.73. The van der Waals surface area contributed by atoms with Crippen LogP contribution in [0.4, 0.5) is 0 Å². The zero-order valence-electron chi connectivity index (χ0n) is 4.43. The number of rotatable bonds is 3. The maximum atomic E-state index is 3.56. The van der Waals surface area contributed by atoms with Crippen LogP contribution in [0.15, 0.2) is 37.7 Å². The van der Waals surface area contributed by atoms with Crippen LogP contribution >= 0.6 is 0 Å². The van der Waals surface area contributed by atoms with E-state index in [1.54, 1.807) is 17.9 Å². The molecule has 0 unspecified atom stereocenters. The predicted octanol–water partition coefficient (Wildman–Crippen LogP) is 1.66. The third kappa shape index (κ3) is 2.04. The first-order valence-electron chi connectivity index (χ1n) is 2.22. The summed E-state index contributed by atoms with van der Waals surface area (Å²) in [5, 5.41) is 0. The van der Waals surface area contributed by atoms with E-state index in [1.165, 1.54) is 0 Å². The van der Waals surface area contributed by atoms with Gasteiger partial charge in [-0.3, -0.25) is 0 Å². The standard InChI is InChI=1S/C6H9B/c1-4-7(5-2)6-3/h4-6H,1-3H2. The molecule has 0 aliphatic rings. The van der Waals surface area contributed by atoms with E-state index in [0.29, 0.717) is 0 Å². The van der Waals surface area contributed by atoms with Gasteiger partial charge in [0.2, 0.25) is 6.71 Å². The molecule has 0 amide bonds. The van der Waals surface area contributed by atoms with E-state index >= 15 is 0 Å². The lowest BCUT2D eigenvalue weighted by Crippen LogP contribution is -1.97. The van der Waals surface area contributed by atoms with Crippen molar-refractivity contribution in [3.8, 4) is 0 Å². The van der Waals surface area contributed by atoms with Gasteiger partial charge < -0.3 is 0 Å². The monoisotopic (exact) mass is 92.1 g/mol. The Balaban J connectivity index is 3.57. The minimum Gasteiger partial charge on any atom is -0.114 e. The maximum absolute atomic E-state index is 3.56. The lowest BCUT2D eigenvalue weighted by molar-refractivity contribution is 2.26. The first kappa shape index (κ1) is 6.28. The Labute approximate surface area is 45.3 Å². The fraction of sp³-hybridized carbons (Fsp3) is 0. The molecule has 0 atom stereocenters. The van der Waals surface area contributed by atoms with Gasteiger partial charge in [-0.05, 0) is 0 Å². The lowest BCUT2D eigenvalue weighted by atomic mass is 9.51. The molecule has 0 aromatic rings. The summed E-state index contributed by atoms with van der Waals surface area (Å²) in [4.78, 5) is 0. The van der Waals surface area contributed by atoms with Gasteiger partial charge >= 0.3 is 0 Å². The molecule has 1 heteroatoms. The van der Waals surface area contributed by atoms with Crippen molar-refractivity contribution in [3.63, 3.8) is 0 Å². The average Bonchev–Trinajstić information content (AvgIpc) is 1.72. The molecule has 0 aliphatic carbocycles. The molecule has 0 N–H and O–H groups in total. The topological polar surface area (TPSA) is 0 Å². The minimum absolute atomic E-state index is 0.278. The molecule has 36 valence electrons. The molecular formula is C6H9B. The molecule has 0 nitrogen and oxygen atoms in total. The fourth-order valence-corrected chi connectivity index (χ4v) is 0.289. The van der Waals surface area contributed by atoms with Gasteiger partial charge in [0.15, 0.2) is 0 Å². The van der Waals surface area contributed by atoms with Gasteiger partial charge in [0.05, 0.1) is 0 Å². The molecule has 0 aromatic carbocycles. The van der Waals surface area contributed by atoms with Crippen molar-refractivity contribution >= 4 is 6.71 Å². The van der Waals surface area contributed by atoms with Gasteiger partial charge in [-0.25, -0.2) is 0 Å². The fourth-order valence-electron chi connectivity index (χ4n) is 0.289. The molecule has 0 fully saturated rings.